The van der Waals surface area contributed by atoms with E-state index in [9.17, 15) is 4.79 Å². The van der Waals surface area contributed by atoms with Crippen LogP contribution in [0.4, 0.5) is 5.69 Å². The minimum absolute atomic E-state index is 0.0211. The SMILES string of the molecule is CC(C)CCC(=O)Nc1ccc(Cl)nc1. The van der Waals surface area contributed by atoms with Gasteiger partial charge in [0, 0.05) is 6.42 Å². The lowest BCUT2D eigenvalue weighted by Gasteiger charge is -2.06. The summed E-state index contributed by atoms with van der Waals surface area (Å²) in [6.45, 7) is 4.19. The van der Waals surface area contributed by atoms with Crippen LogP contribution in [0.5, 0.6) is 0 Å². The standard InChI is InChI=1S/C11H15ClN2O/c1-8(2)3-6-11(15)14-9-4-5-10(12)13-7-9/h4-5,7-8H,3,6H2,1-2H3,(H,14,15). The topological polar surface area (TPSA) is 42.0 Å². The van der Waals surface area contributed by atoms with E-state index in [0.717, 1.165) is 6.42 Å². The number of aromatic nitrogens is 1. The van der Waals surface area contributed by atoms with Crippen LogP contribution in [-0.4, -0.2) is 10.9 Å². The Labute approximate surface area is 94.9 Å². The molecule has 0 radical (unpaired) electrons. The van der Waals surface area contributed by atoms with Gasteiger partial charge in [0.2, 0.25) is 5.91 Å². The zero-order valence-corrected chi connectivity index (χ0v) is 9.71. The summed E-state index contributed by atoms with van der Waals surface area (Å²) in [7, 11) is 0. The minimum Gasteiger partial charge on any atom is -0.325 e. The van der Waals surface area contributed by atoms with Gasteiger partial charge in [0.05, 0.1) is 11.9 Å². The molecular weight excluding hydrogens is 212 g/mol. The van der Waals surface area contributed by atoms with Crippen molar-refractivity contribution in [2.24, 2.45) is 5.92 Å². The zero-order chi connectivity index (χ0) is 11.3. The normalized spacial score (nSPS) is 10.4. The lowest BCUT2D eigenvalue weighted by molar-refractivity contribution is -0.116. The first-order valence-corrected chi connectivity index (χ1v) is 5.37. The van der Waals surface area contributed by atoms with E-state index in [1.165, 1.54) is 0 Å². The van der Waals surface area contributed by atoms with Gasteiger partial charge in [0.15, 0.2) is 0 Å². The Morgan fingerprint density at radius 1 is 1.53 bits per heavy atom. The maximum Gasteiger partial charge on any atom is 0.224 e. The van der Waals surface area contributed by atoms with Crippen molar-refractivity contribution in [2.45, 2.75) is 26.7 Å². The molecule has 15 heavy (non-hydrogen) atoms. The molecule has 1 aromatic rings. The maximum absolute atomic E-state index is 11.4. The summed E-state index contributed by atoms with van der Waals surface area (Å²) in [6.07, 6.45) is 2.99. The van der Waals surface area contributed by atoms with Gasteiger partial charge in [0.1, 0.15) is 5.15 Å². The van der Waals surface area contributed by atoms with Crippen LogP contribution in [-0.2, 0) is 4.79 Å². The first-order chi connectivity index (χ1) is 7.08. The first-order valence-electron chi connectivity index (χ1n) is 4.99. The molecule has 0 unspecified atom stereocenters. The number of hydrogen-bond acceptors (Lipinski definition) is 2. The summed E-state index contributed by atoms with van der Waals surface area (Å²) < 4.78 is 0. The molecule has 0 fully saturated rings. The maximum atomic E-state index is 11.4. The van der Waals surface area contributed by atoms with Crippen LogP contribution in [0.1, 0.15) is 26.7 Å². The number of pyridine rings is 1. The summed E-state index contributed by atoms with van der Waals surface area (Å²) in [5.74, 6) is 0.562. The molecule has 0 saturated heterocycles. The van der Waals surface area contributed by atoms with Gasteiger partial charge < -0.3 is 5.32 Å². The number of hydrogen-bond donors (Lipinski definition) is 1. The van der Waals surface area contributed by atoms with E-state index in [-0.39, 0.29) is 5.91 Å². The van der Waals surface area contributed by atoms with Crippen LogP contribution in [0.25, 0.3) is 0 Å². The summed E-state index contributed by atoms with van der Waals surface area (Å²) in [6, 6.07) is 3.39. The second-order valence-corrected chi connectivity index (χ2v) is 4.24. The summed E-state index contributed by atoms with van der Waals surface area (Å²) in [4.78, 5) is 15.3. The van der Waals surface area contributed by atoms with Crippen LogP contribution in [0.15, 0.2) is 18.3 Å². The first kappa shape index (κ1) is 12.0. The highest BCUT2D eigenvalue weighted by Gasteiger charge is 2.03. The van der Waals surface area contributed by atoms with Crippen molar-refractivity contribution in [1.82, 2.24) is 4.98 Å². The third-order valence-corrected chi connectivity index (χ3v) is 2.18. The third kappa shape index (κ3) is 4.79. The van der Waals surface area contributed by atoms with Gasteiger partial charge in [-0.1, -0.05) is 25.4 Å². The fourth-order valence-corrected chi connectivity index (χ4v) is 1.20. The average molecular weight is 227 g/mol. The molecule has 0 spiro atoms. The third-order valence-electron chi connectivity index (χ3n) is 1.96. The number of nitrogens with zero attached hydrogens (tertiary/aromatic N) is 1. The van der Waals surface area contributed by atoms with Crippen molar-refractivity contribution in [3.05, 3.63) is 23.5 Å². The predicted molar refractivity (Wildman–Crippen MR) is 61.9 cm³/mol. The fourth-order valence-electron chi connectivity index (χ4n) is 1.09. The molecule has 0 atom stereocenters. The molecule has 82 valence electrons. The van der Waals surface area contributed by atoms with Crippen LogP contribution in [0.2, 0.25) is 5.15 Å². The molecular formula is C11H15ClN2O. The second-order valence-electron chi connectivity index (χ2n) is 3.85. The molecule has 0 bridgehead atoms. The largest absolute Gasteiger partial charge is 0.325 e. The highest BCUT2D eigenvalue weighted by Crippen LogP contribution is 2.11. The Bertz CT molecular complexity index is 322. The lowest BCUT2D eigenvalue weighted by atomic mass is 10.1. The number of rotatable bonds is 4. The van der Waals surface area contributed by atoms with E-state index in [2.05, 4.69) is 24.1 Å². The van der Waals surface area contributed by atoms with Gasteiger partial charge >= 0.3 is 0 Å². The van der Waals surface area contributed by atoms with Gasteiger partial charge in [0.25, 0.3) is 0 Å². The fraction of sp³-hybridized carbons (Fsp3) is 0.455. The van der Waals surface area contributed by atoms with E-state index in [4.69, 9.17) is 11.6 Å². The van der Waals surface area contributed by atoms with Crippen molar-refractivity contribution in [3.8, 4) is 0 Å². The van der Waals surface area contributed by atoms with Gasteiger partial charge in [-0.2, -0.15) is 0 Å². The van der Waals surface area contributed by atoms with E-state index >= 15 is 0 Å². The van der Waals surface area contributed by atoms with Crippen molar-refractivity contribution < 1.29 is 4.79 Å². The van der Waals surface area contributed by atoms with Gasteiger partial charge in [-0.05, 0) is 24.5 Å². The number of anilines is 1. The molecule has 1 aromatic heterocycles. The Kier molecular flexibility index (Phi) is 4.56. The number of halogens is 1. The number of nitrogens with one attached hydrogen (secondary N) is 1. The molecule has 1 N–H and O–H groups in total. The van der Waals surface area contributed by atoms with E-state index in [1.807, 2.05) is 0 Å². The zero-order valence-electron chi connectivity index (χ0n) is 8.96. The Morgan fingerprint density at radius 3 is 2.80 bits per heavy atom. The molecule has 1 heterocycles. The Morgan fingerprint density at radius 2 is 2.27 bits per heavy atom. The average Bonchev–Trinajstić information content (AvgIpc) is 2.19. The quantitative estimate of drug-likeness (QED) is 0.802. The van der Waals surface area contributed by atoms with Gasteiger partial charge in [-0.25, -0.2) is 4.98 Å². The van der Waals surface area contributed by atoms with Crippen molar-refractivity contribution in [1.29, 1.82) is 0 Å². The van der Waals surface area contributed by atoms with Crippen molar-refractivity contribution >= 4 is 23.2 Å². The number of carbonyl (C=O) groups is 1. The Hall–Kier alpha value is -1.09. The number of carbonyl (C=O) groups excluding carboxylic acids is 1. The summed E-state index contributed by atoms with van der Waals surface area (Å²) in [5.41, 5.74) is 0.688. The lowest BCUT2D eigenvalue weighted by Crippen LogP contribution is -2.12. The molecule has 0 aromatic carbocycles. The van der Waals surface area contributed by atoms with Gasteiger partial charge in [-0.3, -0.25) is 4.79 Å². The highest BCUT2D eigenvalue weighted by molar-refractivity contribution is 6.29. The van der Waals surface area contributed by atoms with Crippen LogP contribution in [0, 0.1) is 5.92 Å². The second kappa shape index (κ2) is 5.71. The summed E-state index contributed by atoms with van der Waals surface area (Å²) >= 11 is 5.63. The molecule has 1 rings (SSSR count). The van der Waals surface area contributed by atoms with E-state index in [0.29, 0.717) is 23.2 Å². The van der Waals surface area contributed by atoms with E-state index in [1.54, 1.807) is 18.3 Å². The van der Waals surface area contributed by atoms with Crippen LogP contribution >= 0.6 is 11.6 Å². The molecule has 1 amide bonds. The molecule has 0 aliphatic heterocycles. The number of amides is 1. The monoisotopic (exact) mass is 226 g/mol. The Balaban J connectivity index is 2.41. The molecule has 4 heteroatoms. The highest BCUT2D eigenvalue weighted by atomic mass is 35.5. The van der Waals surface area contributed by atoms with Crippen LogP contribution in [0.3, 0.4) is 0 Å². The van der Waals surface area contributed by atoms with Crippen molar-refractivity contribution in [3.63, 3.8) is 0 Å². The smallest absolute Gasteiger partial charge is 0.224 e. The predicted octanol–water partition coefficient (Wildman–Crippen LogP) is 3.11. The molecule has 0 aliphatic carbocycles. The van der Waals surface area contributed by atoms with Crippen LogP contribution < -0.4 is 5.32 Å². The van der Waals surface area contributed by atoms with E-state index < -0.39 is 0 Å². The molecule has 0 aliphatic rings. The van der Waals surface area contributed by atoms with Gasteiger partial charge in [-0.15, -0.1) is 0 Å². The summed E-state index contributed by atoms with van der Waals surface area (Å²) in [5, 5.41) is 3.19. The van der Waals surface area contributed by atoms with Crippen molar-refractivity contribution in [2.75, 3.05) is 5.32 Å². The minimum atomic E-state index is 0.0211. The molecule has 3 nitrogen and oxygen atoms in total. The molecule has 0 saturated carbocycles.